The molecule has 0 aliphatic heterocycles. The van der Waals surface area contributed by atoms with E-state index in [1.807, 2.05) is 11.8 Å². The summed E-state index contributed by atoms with van der Waals surface area (Å²) in [4.78, 5) is 0. The maximum atomic E-state index is 2.18. The van der Waals surface area contributed by atoms with Crippen LogP contribution < -0.4 is 0 Å². The van der Waals surface area contributed by atoms with Crippen LogP contribution in [0, 0.1) is 0 Å². The molecule has 16 heavy (non-hydrogen) atoms. The van der Waals surface area contributed by atoms with Crippen LogP contribution in [0.5, 0.6) is 0 Å². The molecule has 0 spiro atoms. The van der Waals surface area contributed by atoms with E-state index in [9.17, 15) is 0 Å². The first-order valence-electron chi connectivity index (χ1n) is 5.11. The second kappa shape index (κ2) is 8.51. The maximum absolute atomic E-state index is 2.18. The smallest absolute Gasteiger partial charge is 0.0187 e. The third-order valence-corrected chi connectivity index (χ3v) is 3.30. The van der Waals surface area contributed by atoms with Gasteiger partial charge in [0.05, 0.1) is 0 Å². The van der Waals surface area contributed by atoms with Gasteiger partial charge in [-0.05, 0) is 11.1 Å². The molecule has 0 unspecified atom stereocenters. The minimum atomic E-state index is 0. The Hall–Kier alpha value is 0.426. The Morgan fingerprint density at radius 3 is 1.38 bits per heavy atom. The van der Waals surface area contributed by atoms with Gasteiger partial charge in [-0.25, -0.2) is 0 Å². The number of hydrogen-bond acceptors (Lipinski definition) is 1. The van der Waals surface area contributed by atoms with Gasteiger partial charge < -0.3 is 0 Å². The molecule has 0 amide bonds. The van der Waals surface area contributed by atoms with Crippen LogP contribution in [-0.2, 0) is 11.5 Å². The molecule has 0 heterocycles. The molecule has 0 bridgehead atoms. The van der Waals surface area contributed by atoms with Gasteiger partial charge >= 0.3 is 0 Å². The zero-order valence-corrected chi connectivity index (χ0v) is 13.5. The first kappa shape index (κ1) is 14.5. The topological polar surface area (TPSA) is 0 Å². The van der Waals surface area contributed by atoms with Crippen molar-refractivity contribution in [2.75, 3.05) is 0 Å². The first-order valence-corrected chi connectivity index (χ1v) is 6.26. The van der Waals surface area contributed by atoms with Gasteiger partial charge in [0, 0.05) is 62.9 Å². The minimum absolute atomic E-state index is 0. The molecule has 77 valence electrons. The minimum Gasteiger partial charge on any atom is -0.152 e. The zero-order chi connectivity index (χ0) is 10.3. The molecule has 0 saturated heterocycles. The number of hydrogen-bond donors (Lipinski definition) is 0. The molecule has 2 heteroatoms. The van der Waals surface area contributed by atoms with Crippen LogP contribution >= 0.6 is 11.8 Å². The van der Waals surface area contributed by atoms with Crippen LogP contribution in [0.25, 0.3) is 0 Å². The van der Waals surface area contributed by atoms with Gasteiger partial charge in [0.25, 0.3) is 0 Å². The molecule has 0 aliphatic rings. The van der Waals surface area contributed by atoms with Crippen molar-refractivity contribution in [1.82, 2.24) is 0 Å². The second-order valence-corrected chi connectivity index (χ2v) is 4.45. The monoisotopic (exact) mass is 253 g/mol. The summed E-state index contributed by atoms with van der Waals surface area (Å²) in [5, 5.41) is 0. The average Bonchev–Trinajstić information content (AvgIpc) is 2.32. The van der Waals surface area contributed by atoms with Gasteiger partial charge in [-0.1, -0.05) is 60.7 Å². The number of rotatable bonds is 4. The van der Waals surface area contributed by atoms with Gasteiger partial charge in [-0.15, -0.1) is 0 Å². The Bertz CT molecular complexity index is 346. The number of thioether (sulfide) groups is 1. The Morgan fingerprint density at radius 1 is 0.625 bits per heavy atom. The van der Waals surface area contributed by atoms with E-state index in [-0.39, 0.29) is 51.4 Å². The van der Waals surface area contributed by atoms with Crippen LogP contribution in [0.1, 0.15) is 11.1 Å². The Labute approximate surface area is 144 Å². The van der Waals surface area contributed by atoms with Crippen molar-refractivity contribution in [3.8, 4) is 0 Å². The third-order valence-electron chi connectivity index (χ3n) is 2.22. The summed E-state index contributed by atoms with van der Waals surface area (Å²) in [6, 6.07) is 21.2. The van der Waals surface area contributed by atoms with Crippen LogP contribution in [0.2, 0.25) is 0 Å². The Morgan fingerprint density at radius 2 is 1.00 bits per heavy atom. The predicted molar refractivity (Wildman–Crippen MR) is 73.6 cm³/mol. The summed E-state index contributed by atoms with van der Waals surface area (Å²) >= 11 is 1.96. The Kier molecular flexibility index (Phi) is 7.70. The molecule has 1 radical (unpaired) electrons. The van der Waals surface area contributed by atoms with Gasteiger partial charge in [-0.2, -0.15) is 11.8 Å². The second-order valence-electron chi connectivity index (χ2n) is 3.46. The molecule has 0 fully saturated rings. The van der Waals surface area contributed by atoms with Crippen LogP contribution in [0.3, 0.4) is 0 Å². The van der Waals surface area contributed by atoms with Crippen molar-refractivity contribution in [3.05, 3.63) is 71.8 Å². The molecule has 0 aromatic heterocycles. The van der Waals surface area contributed by atoms with Crippen LogP contribution in [0.15, 0.2) is 60.7 Å². The fourth-order valence-corrected chi connectivity index (χ4v) is 2.39. The fraction of sp³-hybridized carbons (Fsp3) is 0.143. The summed E-state index contributed by atoms with van der Waals surface area (Å²) in [5.74, 6) is 2.19. The fourth-order valence-electron chi connectivity index (χ4n) is 1.44. The van der Waals surface area contributed by atoms with Crippen molar-refractivity contribution in [1.29, 1.82) is 0 Å². The quantitative estimate of drug-likeness (QED) is 0.748. The summed E-state index contributed by atoms with van der Waals surface area (Å²) in [6.07, 6.45) is 0. The molecular weight excluding hydrogens is 239 g/mol. The summed E-state index contributed by atoms with van der Waals surface area (Å²) in [6.45, 7) is 0. The molecule has 0 saturated carbocycles. The number of benzene rings is 2. The van der Waals surface area contributed by atoms with E-state index in [0.29, 0.717) is 0 Å². The molecular formula is C14H14KS. The van der Waals surface area contributed by atoms with E-state index in [0.717, 1.165) is 11.5 Å². The molecule has 0 atom stereocenters. The van der Waals surface area contributed by atoms with Gasteiger partial charge in [0.2, 0.25) is 0 Å². The van der Waals surface area contributed by atoms with Crippen molar-refractivity contribution in [3.63, 3.8) is 0 Å². The van der Waals surface area contributed by atoms with Crippen LogP contribution in [0.4, 0.5) is 0 Å². The van der Waals surface area contributed by atoms with E-state index in [4.69, 9.17) is 0 Å². The molecule has 0 nitrogen and oxygen atoms in total. The Balaban J connectivity index is 0.00000128. The van der Waals surface area contributed by atoms with Gasteiger partial charge in [-0.3, -0.25) is 0 Å². The van der Waals surface area contributed by atoms with E-state index in [1.165, 1.54) is 11.1 Å². The maximum Gasteiger partial charge on any atom is 0.0187 e. The normalized spacial score (nSPS) is 9.50. The van der Waals surface area contributed by atoms with Gasteiger partial charge in [0.15, 0.2) is 0 Å². The molecule has 2 aromatic carbocycles. The summed E-state index contributed by atoms with van der Waals surface area (Å²) in [5.41, 5.74) is 2.80. The largest absolute Gasteiger partial charge is 0.152 e. The first-order chi connectivity index (χ1) is 7.45. The SMILES string of the molecule is [K].c1ccc(CSCc2ccccc2)cc1. The molecule has 0 aliphatic carbocycles. The third kappa shape index (κ3) is 5.17. The summed E-state index contributed by atoms with van der Waals surface area (Å²) < 4.78 is 0. The molecule has 2 rings (SSSR count). The average molecular weight is 253 g/mol. The zero-order valence-electron chi connectivity index (χ0n) is 9.60. The summed E-state index contributed by atoms with van der Waals surface area (Å²) in [7, 11) is 0. The van der Waals surface area contributed by atoms with E-state index < -0.39 is 0 Å². The van der Waals surface area contributed by atoms with Crippen molar-refractivity contribution in [2.45, 2.75) is 11.5 Å². The van der Waals surface area contributed by atoms with Gasteiger partial charge in [0.1, 0.15) is 0 Å². The van der Waals surface area contributed by atoms with Crippen LogP contribution in [-0.4, -0.2) is 51.4 Å². The van der Waals surface area contributed by atoms with Crippen molar-refractivity contribution >= 4 is 63.1 Å². The van der Waals surface area contributed by atoms with E-state index >= 15 is 0 Å². The van der Waals surface area contributed by atoms with E-state index in [1.54, 1.807) is 0 Å². The molecule has 0 N–H and O–H groups in total. The van der Waals surface area contributed by atoms with Crippen molar-refractivity contribution in [2.24, 2.45) is 0 Å². The van der Waals surface area contributed by atoms with E-state index in [2.05, 4.69) is 60.7 Å². The predicted octanol–water partition coefficient (Wildman–Crippen LogP) is 3.74. The van der Waals surface area contributed by atoms with Crippen molar-refractivity contribution < 1.29 is 0 Å². The molecule has 2 aromatic rings. The standard InChI is InChI=1S/C14H14S.K/c1-3-7-13(8-4-1)11-15-12-14-9-5-2-6-10-14;/h1-10H,11-12H2;.